The fraction of sp³-hybridized carbons (Fsp3) is 0.368. The molecule has 0 bridgehead atoms. The maximum atomic E-state index is 6.84. The predicted octanol–water partition coefficient (Wildman–Crippen LogP) is 5.78. The van der Waals surface area contributed by atoms with E-state index in [4.69, 9.17) is 4.43 Å². The Morgan fingerprint density at radius 3 is 1.62 bits per heavy atom. The zero-order chi connectivity index (χ0) is 14.9. The van der Waals surface area contributed by atoms with Crippen LogP contribution in [0.1, 0.15) is 38.0 Å². The van der Waals surface area contributed by atoms with Crippen molar-refractivity contribution in [3.8, 4) is 11.1 Å². The van der Waals surface area contributed by atoms with Crippen molar-refractivity contribution in [1.82, 2.24) is 0 Å². The number of rotatable bonds is 5. The molecule has 0 aromatic heterocycles. The van der Waals surface area contributed by atoms with E-state index in [-0.39, 0.29) is 6.10 Å². The predicted molar refractivity (Wildman–Crippen MR) is 92.0 cm³/mol. The van der Waals surface area contributed by atoms with Crippen LogP contribution >= 0.6 is 0 Å². The first kappa shape index (κ1) is 14.5. The Labute approximate surface area is 129 Å². The first-order valence-corrected chi connectivity index (χ1v) is 10.6. The monoisotopic (exact) mass is 296 g/mol. The van der Waals surface area contributed by atoms with Gasteiger partial charge in [-0.3, -0.25) is 0 Å². The van der Waals surface area contributed by atoms with E-state index >= 15 is 0 Å². The molecule has 0 saturated heterocycles. The van der Waals surface area contributed by atoms with Crippen LogP contribution in [-0.2, 0) is 4.43 Å². The lowest BCUT2D eigenvalue weighted by atomic mass is 10.1. The second-order valence-electron chi connectivity index (χ2n) is 5.92. The van der Waals surface area contributed by atoms with Gasteiger partial charge in [-0.05, 0) is 40.4 Å². The fourth-order valence-electron chi connectivity index (χ4n) is 3.49. The molecule has 0 heterocycles. The summed E-state index contributed by atoms with van der Waals surface area (Å²) >= 11 is 0. The molecule has 0 amide bonds. The van der Waals surface area contributed by atoms with Gasteiger partial charge in [-0.1, -0.05) is 69.3 Å². The van der Waals surface area contributed by atoms with Gasteiger partial charge >= 0.3 is 0 Å². The minimum Gasteiger partial charge on any atom is -0.406 e. The van der Waals surface area contributed by atoms with Gasteiger partial charge in [-0.15, -0.1) is 0 Å². The second kappa shape index (κ2) is 5.78. The Morgan fingerprint density at radius 2 is 1.19 bits per heavy atom. The van der Waals surface area contributed by atoms with Crippen molar-refractivity contribution in [1.29, 1.82) is 0 Å². The highest BCUT2D eigenvalue weighted by molar-refractivity contribution is 6.73. The molecule has 21 heavy (non-hydrogen) atoms. The molecule has 0 fully saturated rings. The van der Waals surface area contributed by atoms with Crippen LogP contribution in [0.2, 0.25) is 18.1 Å². The smallest absolute Gasteiger partial charge is 0.193 e. The number of hydrogen-bond donors (Lipinski definition) is 0. The van der Waals surface area contributed by atoms with E-state index in [1.54, 1.807) is 0 Å². The summed E-state index contributed by atoms with van der Waals surface area (Å²) < 4.78 is 6.84. The molecule has 0 atom stereocenters. The third-order valence-corrected chi connectivity index (χ3v) is 9.68. The van der Waals surface area contributed by atoms with E-state index in [1.807, 2.05) is 0 Å². The molecular weight excluding hydrogens is 272 g/mol. The standard InChI is InChI=1S/C19H24OSi/c1-4-21(5-2,6-3)20-19-17-13-9-7-11-15(17)16-12-8-10-14-18(16)19/h7-14,19H,4-6H2,1-3H3. The van der Waals surface area contributed by atoms with Gasteiger partial charge in [0, 0.05) is 0 Å². The lowest BCUT2D eigenvalue weighted by Crippen LogP contribution is -2.37. The van der Waals surface area contributed by atoms with Crippen molar-refractivity contribution >= 4 is 8.32 Å². The second-order valence-corrected chi connectivity index (χ2v) is 10.6. The Balaban J connectivity index is 2.07. The summed E-state index contributed by atoms with van der Waals surface area (Å²) in [6, 6.07) is 21.0. The summed E-state index contributed by atoms with van der Waals surface area (Å²) in [7, 11) is -1.62. The summed E-state index contributed by atoms with van der Waals surface area (Å²) in [5.74, 6) is 0. The van der Waals surface area contributed by atoms with Crippen LogP contribution in [0.25, 0.3) is 11.1 Å². The van der Waals surface area contributed by atoms with Crippen LogP contribution in [0.15, 0.2) is 48.5 Å². The fourth-order valence-corrected chi connectivity index (χ4v) is 6.24. The summed E-state index contributed by atoms with van der Waals surface area (Å²) in [5, 5.41) is 0. The SMILES string of the molecule is CC[Si](CC)(CC)OC1c2ccccc2-c2ccccc21. The van der Waals surface area contributed by atoms with Crippen LogP contribution in [0.4, 0.5) is 0 Å². The molecule has 1 aliphatic carbocycles. The van der Waals surface area contributed by atoms with Crippen molar-refractivity contribution in [3.05, 3.63) is 59.7 Å². The highest BCUT2D eigenvalue weighted by atomic mass is 28.4. The third kappa shape index (κ3) is 2.37. The first-order valence-electron chi connectivity index (χ1n) is 8.10. The molecule has 2 aromatic carbocycles. The molecule has 0 unspecified atom stereocenters. The van der Waals surface area contributed by atoms with Gasteiger partial charge in [-0.25, -0.2) is 0 Å². The largest absolute Gasteiger partial charge is 0.406 e. The van der Waals surface area contributed by atoms with Gasteiger partial charge in [0.25, 0.3) is 0 Å². The molecule has 0 radical (unpaired) electrons. The molecule has 110 valence electrons. The van der Waals surface area contributed by atoms with Crippen LogP contribution in [0.3, 0.4) is 0 Å². The summed E-state index contributed by atoms with van der Waals surface area (Å²) in [6.07, 6.45) is 0.143. The van der Waals surface area contributed by atoms with Gasteiger partial charge in [0.2, 0.25) is 0 Å². The Hall–Kier alpha value is -1.38. The van der Waals surface area contributed by atoms with Crippen molar-refractivity contribution in [2.24, 2.45) is 0 Å². The third-order valence-electron chi connectivity index (χ3n) is 5.08. The Kier molecular flexibility index (Phi) is 4.00. The summed E-state index contributed by atoms with van der Waals surface area (Å²) in [6.45, 7) is 6.89. The zero-order valence-electron chi connectivity index (χ0n) is 13.2. The number of benzene rings is 2. The lowest BCUT2D eigenvalue weighted by Gasteiger charge is -2.32. The first-order chi connectivity index (χ1) is 10.2. The summed E-state index contributed by atoms with van der Waals surface area (Å²) in [5.41, 5.74) is 5.41. The average molecular weight is 296 g/mol. The van der Waals surface area contributed by atoms with Crippen molar-refractivity contribution in [2.45, 2.75) is 45.0 Å². The molecular formula is C19H24OSi. The van der Waals surface area contributed by atoms with Crippen molar-refractivity contribution in [2.75, 3.05) is 0 Å². The molecule has 0 saturated carbocycles. The van der Waals surface area contributed by atoms with Crippen LogP contribution in [0.5, 0.6) is 0 Å². The van der Waals surface area contributed by atoms with E-state index in [0.29, 0.717) is 0 Å². The van der Waals surface area contributed by atoms with E-state index in [9.17, 15) is 0 Å². The Bertz CT molecular complexity index is 577. The number of fused-ring (bicyclic) bond motifs is 3. The highest BCUT2D eigenvalue weighted by Crippen LogP contribution is 2.47. The normalized spacial score (nSPS) is 14.0. The average Bonchev–Trinajstić information content (AvgIpc) is 2.87. The van der Waals surface area contributed by atoms with E-state index in [2.05, 4.69) is 69.3 Å². The van der Waals surface area contributed by atoms with E-state index in [1.165, 1.54) is 40.4 Å². The molecule has 1 nitrogen and oxygen atoms in total. The van der Waals surface area contributed by atoms with Gasteiger partial charge in [0.05, 0.1) is 6.10 Å². The molecule has 3 rings (SSSR count). The molecule has 0 N–H and O–H groups in total. The number of hydrogen-bond acceptors (Lipinski definition) is 1. The van der Waals surface area contributed by atoms with Crippen LogP contribution < -0.4 is 0 Å². The van der Waals surface area contributed by atoms with Gasteiger partial charge < -0.3 is 4.43 Å². The van der Waals surface area contributed by atoms with Crippen LogP contribution in [0, 0.1) is 0 Å². The minimum atomic E-state index is -1.62. The Morgan fingerprint density at radius 1 is 0.762 bits per heavy atom. The van der Waals surface area contributed by atoms with E-state index in [0.717, 1.165) is 0 Å². The van der Waals surface area contributed by atoms with E-state index < -0.39 is 8.32 Å². The van der Waals surface area contributed by atoms with Crippen LogP contribution in [-0.4, -0.2) is 8.32 Å². The molecule has 2 heteroatoms. The molecule has 0 aliphatic heterocycles. The van der Waals surface area contributed by atoms with Crippen molar-refractivity contribution in [3.63, 3.8) is 0 Å². The topological polar surface area (TPSA) is 9.23 Å². The maximum Gasteiger partial charge on any atom is 0.193 e. The summed E-state index contributed by atoms with van der Waals surface area (Å²) in [4.78, 5) is 0. The van der Waals surface area contributed by atoms with Gasteiger partial charge in [-0.2, -0.15) is 0 Å². The maximum absolute atomic E-state index is 6.84. The minimum absolute atomic E-state index is 0.143. The zero-order valence-corrected chi connectivity index (χ0v) is 14.2. The quantitative estimate of drug-likeness (QED) is 0.636. The van der Waals surface area contributed by atoms with Crippen molar-refractivity contribution < 1.29 is 4.43 Å². The molecule has 2 aromatic rings. The molecule has 1 aliphatic rings. The lowest BCUT2D eigenvalue weighted by molar-refractivity contribution is 0.234. The highest BCUT2D eigenvalue weighted by Gasteiger charge is 2.37. The van der Waals surface area contributed by atoms with Gasteiger partial charge in [0.15, 0.2) is 8.32 Å². The van der Waals surface area contributed by atoms with Gasteiger partial charge in [0.1, 0.15) is 0 Å². The molecule has 0 spiro atoms.